The maximum absolute atomic E-state index is 12.6. The van der Waals surface area contributed by atoms with Gasteiger partial charge >= 0.3 is 0 Å². The molecule has 1 saturated carbocycles. The summed E-state index contributed by atoms with van der Waals surface area (Å²) in [4.78, 5) is 14.6. The highest BCUT2D eigenvalue weighted by molar-refractivity contribution is 6.31. The Morgan fingerprint density at radius 3 is 2.89 bits per heavy atom. The summed E-state index contributed by atoms with van der Waals surface area (Å²) in [6.07, 6.45) is 6.36. The second kappa shape index (κ2) is 5.17. The van der Waals surface area contributed by atoms with Crippen molar-refractivity contribution in [3.05, 3.63) is 23.0 Å². The topological polar surface area (TPSA) is 51.3 Å². The minimum absolute atomic E-state index is 0.108. The number of piperidine rings is 1. The molecule has 2 heterocycles. The molecule has 1 aromatic rings. The molecular formula is C14H20ClN3O. The van der Waals surface area contributed by atoms with Gasteiger partial charge in [0.2, 0.25) is 0 Å². The summed E-state index contributed by atoms with van der Waals surface area (Å²) >= 11 is 6.06. The summed E-state index contributed by atoms with van der Waals surface area (Å²) in [6.45, 7) is 2.28. The molecule has 1 saturated heterocycles. The first-order valence-corrected chi connectivity index (χ1v) is 7.43. The smallest absolute Gasteiger partial charge is 0.270 e. The van der Waals surface area contributed by atoms with Crippen LogP contribution in [0.25, 0.3) is 0 Å². The molecule has 1 amide bonds. The second-order valence-electron chi connectivity index (χ2n) is 5.68. The number of rotatable bonds is 3. The molecule has 0 spiro atoms. The van der Waals surface area contributed by atoms with Gasteiger partial charge in [0, 0.05) is 25.3 Å². The zero-order valence-corrected chi connectivity index (χ0v) is 11.8. The summed E-state index contributed by atoms with van der Waals surface area (Å²) < 4.78 is 2.05. The van der Waals surface area contributed by atoms with Gasteiger partial charge < -0.3 is 15.2 Å². The van der Waals surface area contributed by atoms with Crippen LogP contribution in [0.1, 0.15) is 42.2 Å². The molecule has 3 rings (SSSR count). The van der Waals surface area contributed by atoms with Gasteiger partial charge in [-0.05, 0) is 44.2 Å². The quantitative estimate of drug-likeness (QED) is 0.924. The highest BCUT2D eigenvalue weighted by atomic mass is 35.5. The second-order valence-corrected chi connectivity index (χ2v) is 6.11. The standard InChI is InChI=1S/C14H20ClN3O/c15-11-6-13(18(9-11)12-3-4-12)14(19)17-5-1-2-10(7-16)8-17/h6,9-10,12H,1-5,7-8,16H2. The Bertz CT molecular complexity index is 481. The van der Waals surface area contributed by atoms with Gasteiger partial charge in [-0.25, -0.2) is 0 Å². The van der Waals surface area contributed by atoms with E-state index in [4.69, 9.17) is 17.3 Å². The Kier molecular flexibility index (Phi) is 3.54. The molecule has 1 atom stereocenters. The van der Waals surface area contributed by atoms with Crippen LogP contribution in [-0.4, -0.2) is 35.0 Å². The molecule has 5 heteroatoms. The van der Waals surface area contributed by atoms with E-state index in [1.807, 2.05) is 11.1 Å². The van der Waals surface area contributed by atoms with Crippen molar-refractivity contribution >= 4 is 17.5 Å². The van der Waals surface area contributed by atoms with Crippen molar-refractivity contribution in [1.29, 1.82) is 0 Å². The normalized spacial score (nSPS) is 23.7. The number of nitrogens with two attached hydrogens (primary N) is 1. The van der Waals surface area contributed by atoms with Crippen LogP contribution in [0, 0.1) is 5.92 Å². The van der Waals surface area contributed by atoms with Gasteiger partial charge in [0.05, 0.1) is 5.02 Å². The fraction of sp³-hybridized carbons (Fsp3) is 0.643. The number of likely N-dealkylation sites (tertiary alicyclic amines) is 1. The number of halogens is 1. The Hall–Kier alpha value is -1.00. The third kappa shape index (κ3) is 2.65. The van der Waals surface area contributed by atoms with Crippen molar-refractivity contribution in [2.45, 2.75) is 31.7 Å². The average molecular weight is 282 g/mol. The highest BCUT2D eigenvalue weighted by Gasteiger charge is 2.31. The lowest BCUT2D eigenvalue weighted by Gasteiger charge is -2.32. The summed E-state index contributed by atoms with van der Waals surface area (Å²) in [5, 5.41) is 0.655. The summed E-state index contributed by atoms with van der Waals surface area (Å²) in [5.41, 5.74) is 6.47. The highest BCUT2D eigenvalue weighted by Crippen LogP contribution is 2.37. The Labute approximate surface area is 118 Å². The molecule has 19 heavy (non-hydrogen) atoms. The molecule has 2 aliphatic rings. The molecule has 2 fully saturated rings. The lowest BCUT2D eigenvalue weighted by atomic mass is 9.98. The van der Waals surface area contributed by atoms with Crippen molar-refractivity contribution in [2.75, 3.05) is 19.6 Å². The van der Waals surface area contributed by atoms with Gasteiger partial charge in [0.1, 0.15) is 5.69 Å². The molecule has 1 aliphatic heterocycles. The number of hydrogen-bond donors (Lipinski definition) is 1. The van der Waals surface area contributed by atoms with E-state index in [0.29, 0.717) is 23.5 Å². The van der Waals surface area contributed by atoms with Crippen molar-refractivity contribution in [2.24, 2.45) is 11.7 Å². The van der Waals surface area contributed by atoms with Gasteiger partial charge in [-0.15, -0.1) is 0 Å². The molecule has 1 aromatic heterocycles. The zero-order valence-electron chi connectivity index (χ0n) is 11.0. The number of amides is 1. The average Bonchev–Trinajstić information content (AvgIpc) is 3.21. The van der Waals surface area contributed by atoms with Crippen molar-refractivity contribution in [3.63, 3.8) is 0 Å². The van der Waals surface area contributed by atoms with Crippen molar-refractivity contribution < 1.29 is 4.79 Å². The molecular weight excluding hydrogens is 262 g/mol. The molecule has 4 nitrogen and oxygen atoms in total. The predicted octanol–water partition coefficient (Wildman–Crippen LogP) is 2.29. The third-order valence-electron chi connectivity index (χ3n) is 4.11. The number of hydrogen-bond acceptors (Lipinski definition) is 2. The SMILES string of the molecule is NCC1CCCN(C(=O)c2cc(Cl)cn2C2CC2)C1. The van der Waals surface area contributed by atoms with Gasteiger partial charge in [-0.1, -0.05) is 11.6 Å². The Morgan fingerprint density at radius 1 is 1.42 bits per heavy atom. The van der Waals surface area contributed by atoms with Crippen LogP contribution in [-0.2, 0) is 0 Å². The maximum atomic E-state index is 12.6. The number of nitrogens with zero attached hydrogens (tertiary/aromatic N) is 2. The first-order chi connectivity index (χ1) is 9.19. The van der Waals surface area contributed by atoms with Gasteiger partial charge in [-0.3, -0.25) is 4.79 Å². The summed E-state index contributed by atoms with van der Waals surface area (Å²) in [5.74, 6) is 0.550. The third-order valence-corrected chi connectivity index (χ3v) is 4.32. The van der Waals surface area contributed by atoms with Crippen LogP contribution < -0.4 is 5.73 Å². The fourth-order valence-corrected chi connectivity index (χ4v) is 3.08. The van der Waals surface area contributed by atoms with Crippen molar-refractivity contribution in [3.8, 4) is 0 Å². The summed E-state index contributed by atoms with van der Waals surface area (Å²) in [6, 6.07) is 2.27. The van der Waals surface area contributed by atoms with E-state index in [9.17, 15) is 4.79 Å². The van der Waals surface area contributed by atoms with E-state index >= 15 is 0 Å². The van der Waals surface area contributed by atoms with Gasteiger partial charge in [0.25, 0.3) is 5.91 Å². The van der Waals surface area contributed by atoms with Gasteiger partial charge in [0.15, 0.2) is 0 Å². The van der Waals surface area contributed by atoms with Crippen LogP contribution >= 0.6 is 11.6 Å². The number of aromatic nitrogens is 1. The maximum Gasteiger partial charge on any atom is 0.270 e. The van der Waals surface area contributed by atoms with E-state index in [1.54, 1.807) is 6.07 Å². The Balaban J connectivity index is 1.79. The van der Waals surface area contributed by atoms with Crippen LogP contribution in [0.15, 0.2) is 12.3 Å². The van der Waals surface area contributed by atoms with E-state index in [1.165, 1.54) is 0 Å². The minimum atomic E-state index is 0.108. The largest absolute Gasteiger partial charge is 0.339 e. The summed E-state index contributed by atoms with van der Waals surface area (Å²) in [7, 11) is 0. The number of carbonyl (C=O) groups is 1. The molecule has 1 aliphatic carbocycles. The zero-order chi connectivity index (χ0) is 13.4. The van der Waals surface area contributed by atoms with Crippen molar-refractivity contribution in [1.82, 2.24) is 9.47 Å². The van der Waals surface area contributed by atoms with E-state index in [-0.39, 0.29) is 5.91 Å². The van der Waals surface area contributed by atoms with E-state index < -0.39 is 0 Å². The molecule has 104 valence electrons. The number of carbonyl (C=O) groups excluding carboxylic acids is 1. The van der Waals surface area contributed by atoms with E-state index in [2.05, 4.69) is 4.57 Å². The molecule has 0 radical (unpaired) electrons. The monoisotopic (exact) mass is 281 g/mol. The molecule has 2 N–H and O–H groups in total. The fourth-order valence-electron chi connectivity index (χ4n) is 2.88. The lowest BCUT2D eigenvalue weighted by Crippen LogP contribution is -2.42. The van der Waals surface area contributed by atoms with E-state index in [0.717, 1.165) is 44.5 Å². The molecule has 1 unspecified atom stereocenters. The molecule has 0 bridgehead atoms. The first-order valence-electron chi connectivity index (χ1n) is 7.05. The first kappa shape index (κ1) is 13.0. The van der Waals surface area contributed by atoms with Crippen LogP contribution in [0.3, 0.4) is 0 Å². The molecule has 0 aromatic carbocycles. The van der Waals surface area contributed by atoms with Crippen LogP contribution in [0.4, 0.5) is 0 Å². The predicted molar refractivity (Wildman–Crippen MR) is 75.4 cm³/mol. The van der Waals surface area contributed by atoms with Crippen LogP contribution in [0.2, 0.25) is 5.02 Å². The van der Waals surface area contributed by atoms with Gasteiger partial charge in [-0.2, -0.15) is 0 Å². The van der Waals surface area contributed by atoms with Crippen LogP contribution in [0.5, 0.6) is 0 Å². The Morgan fingerprint density at radius 2 is 2.21 bits per heavy atom. The minimum Gasteiger partial charge on any atom is -0.339 e. The lowest BCUT2D eigenvalue weighted by molar-refractivity contribution is 0.0667.